The Kier molecular flexibility index (Phi) is 3.86. The van der Waals surface area contributed by atoms with Crippen LogP contribution < -0.4 is 5.73 Å². The molecule has 1 rings (SSSR count). The Labute approximate surface area is 75.8 Å². The Morgan fingerprint density at radius 3 is 1.89 bits per heavy atom. The standard InChI is InChI=1S/C7H8N.Hg/c1-6-2-4-7(8)5-3-6;/h2-5H,1,8H2;. The van der Waals surface area contributed by atoms with Gasteiger partial charge >= 0.3 is 0 Å². The molecule has 2 N–H and O–H groups in total. The first-order valence-electron chi connectivity index (χ1n) is 2.46. The van der Waals surface area contributed by atoms with Crippen LogP contribution in [0.3, 0.4) is 0 Å². The van der Waals surface area contributed by atoms with E-state index in [-0.39, 0.29) is 27.7 Å². The topological polar surface area (TPSA) is 26.0 Å². The van der Waals surface area contributed by atoms with Gasteiger partial charge in [0.1, 0.15) is 0 Å². The number of hydrogen-bond donors (Lipinski definition) is 1. The van der Waals surface area contributed by atoms with Crippen molar-refractivity contribution in [3.8, 4) is 0 Å². The zero-order valence-electron chi connectivity index (χ0n) is 5.30. The molecule has 2 heteroatoms. The number of benzene rings is 1. The molecule has 0 aliphatic rings. The Morgan fingerprint density at radius 1 is 1.11 bits per heavy atom. The third-order valence-electron chi connectivity index (χ3n) is 0.980. The van der Waals surface area contributed by atoms with Gasteiger partial charge in [-0.05, 0) is 24.6 Å². The summed E-state index contributed by atoms with van der Waals surface area (Å²) in [4.78, 5) is 0. The minimum absolute atomic E-state index is 0. The van der Waals surface area contributed by atoms with E-state index in [4.69, 9.17) is 5.73 Å². The summed E-state index contributed by atoms with van der Waals surface area (Å²) in [6.07, 6.45) is 0. The third-order valence-corrected chi connectivity index (χ3v) is 0.980. The van der Waals surface area contributed by atoms with E-state index in [2.05, 4.69) is 6.92 Å². The van der Waals surface area contributed by atoms with Crippen LogP contribution in [0.25, 0.3) is 0 Å². The van der Waals surface area contributed by atoms with Crippen molar-refractivity contribution in [1.29, 1.82) is 0 Å². The van der Waals surface area contributed by atoms with Crippen LogP contribution in [0.5, 0.6) is 0 Å². The molecule has 0 atom stereocenters. The molecule has 0 spiro atoms. The van der Waals surface area contributed by atoms with Crippen molar-refractivity contribution in [2.45, 2.75) is 0 Å². The fraction of sp³-hybridized carbons (Fsp3) is 0. The molecule has 0 unspecified atom stereocenters. The van der Waals surface area contributed by atoms with Gasteiger partial charge in [0.05, 0.1) is 0 Å². The zero-order valence-corrected chi connectivity index (χ0v) is 10.8. The summed E-state index contributed by atoms with van der Waals surface area (Å²) in [5.74, 6) is 0. The molecule has 0 saturated carbocycles. The molecule has 9 heavy (non-hydrogen) atoms. The Bertz CT molecular complexity index is 148. The van der Waals surface area contributed by atoms with Crippen LogP contribution in [0.4, 0.5) is 5.69 Å². The van der Waals surface area contributed by atoms with E-state index in [1.54, 1.807) is 0 Å². The molecular weight excluding hydrogens is 299 g/mol. The van der Waals surface area contributed by atoms with E-state index in [1.807, 2.05) is 24.3 Å². The van der Waals surface area contributed by atoms with Crippen LogP contribution in [0.1, 0.15) is 5.56 Å². The van der Waals surface area contributed by atoms with Gasteiger partial charge < -0.3 is 5.73 Å². The molecular formula is C7H8HgN. The average molecular weight is 307 g/mol. The maximum atomic E-state index is 5.40. The normalized spacial score (nSPS) is 8.11. The maximum Gasteiger partial charge on any atom is 0.0314 e. The van der Waals surface area contributed by atoms with Crippen LogP contribution in [-0.2, 0) is 27.7 Å². The van der Waals surface area contributed by atoms with Crippen molar-refractivity contribution in [3.63, 3.8) is 0 Å². The van der Waals surface area contributed by atoms with Crippen molar-refractivity contribution in [2.75, 3.05) is 5.73 Å². The zero-order chi connectivity index (χ0) is 5.98. The summed E-state index contributed by atoms with van der Waals surface area (Å²) in [6, 6.07) is 7.44. The van der Waals surface area contributed by atoms with Gasteiger partial charge in [-0.1, -0.05) is 12.1 Å². The van der Waals surface area contributed by atoms with E-state index in [9.17, 15) is 0 Å². The quantitative estimate of drug-likeness (QED) is 0.570. The minimum Gasteiger partial charge on any atom is -0.399 e. The minimum atomic E-state index is 0. The van der Waals surface area contributed by atoms with E-state index < -0.39 is 0 Å². The first kappa shape index (κ1) is 8.96. The van der Waals surface area contributed by atoms with E-state index in [1.165, 1.54) is 0 Å². The van der Waals surface area contributed by atoms with Crippen LogP contribution in [0.15, 0.2) is 24.3 Å². The Balaban J connectivity index is 0.000000640. The molecule has 0 aromatic heterocycles. The molecule has 0 saturated heterocycles. The van der Waals surface area contributed by atoms with Gasteiger partial charge in [-0.2, -0.15) is 0 Å². The van der Waals surface area contributed by atoms with Crippen molar-refractivity contribution in [2.24, 2.45) is 0 Å². The third kappa shape index (κ3) is 2.85. The Morgan fingerprint density at radius 2 is 1.56 bits per heavy atom. The molecule has 1 radical (unpaired) electrons. The molecule has 1 aromatic rings. The summed E-state index contributed by atoms with van der Waals surface area (Å²) in [5.41, 5.74) is 7.19. The number of anilines is 1. The monoisotopic (exact) mass is 308 g/mol. The summed E-state index contributed by atoms with van der Waals surface area (Å²) < 4.78 is 0. The second-order valence-corrected chi connectivity index (χ2v) is 1.74. The molecule has 0 aliphatic heterocycles. The molecule has 0 heterocycles. The maximum absolute atomic E-state index is 5.40. The van der Waals surface area contributed by atoms with Gasteiger partial charge in [0, 0.05) is 33.4 Å². The summed E-state index contributed by atoms with van der Waals surface area (Å²) in [5, 5.41) is 0. The predicted octanol–water partition coefficient (Wildman–Crippen LogP) is 1.45. The SMILES string of the molecule is [CH2]c1ccc(N)cc1.[Hg]. The fourth-order valence-electron chi connectivity index (χ4n) is 0.518. The van der Waals surface area contributed by atoms with Gasteiger partial charge in [-0.25, -0.2) is 0 Å². The van der Waals surface area contributed by atoms with Crippen LogP contribution in [-0.4, -0.2) is 0 Å². The van der Waals surface area contributed by atoms with E-state index in [0.717, 1.165) is 11.3 Å². The van der Waals surface area contributed by atoms with Gasteiger partial charge in [0.15, 0.2) is 0 Å². The smallest absolute Gasteiger partial charge is 0.0314 e. The summed E-state index contributed by atoms with van der Waals surface area (Å²) in [7, 11) is 0. The number of rotatable bonds is 0. The number of hydrogen-bond acceptors (Lipinski definition) is 1. The second kappa shape index (κ2) is 3.88. The fourth-order valence-corrected chi connectivity index (χ4v) is 0.518. The second-order valence-electron chi connectivity index (χ2n) is 1.74. The molecule has 0 bridgehead atoms. The van der Waals surface area contributed by atoms with Crippen LogP contribution in [0.2, 0.25) is 0 Å². The van der Waals surface area contributed by atoms with E-state index >= 15 is 0 Å². The van der Waals surface area contributed by atoms with Crippen LogP contribution >= 0.6 is 0 Å². The Hall–Kier alpha value is -0.0449. The first-order valence-corrected chi connectivity index (χ1v) is 2.46. The molecule has 1 nitrogen and oxygen atoms in total. The number of nitrogen functional groups attached to an aromatic ring is 1. The van der Waals surface area contributed by atoms with Gasteiger partial charge in [0.25, 0.3) is 0 Å². The van der Waals surface area contributed by atoms with Crippen molar-refractivity contribution in [1.82, 2.24) is 0 Å². The first-order chi connectivity index (χ1) is 3.79. The molecule has 0 fully saturated rings. The average Bonchev–Trinajstić information content (AvgIpc) is 1.77. The largest absolute Gasteiger partial charge is 0.399 e. The van der Waals surface area contributed by atoms with Crippen molar-refractivity contribution < 1.29 is 27.7 Å². The molecule has 1 aromatic carbocycles. The number of nitrogens with two attached hydrogens (primary N) is 1. The van der Waals surface area contributed by atoms with Gasteiger partial charge in [0.2, 0.25) is 0 Å². The summed E-state index contributed by atoms with van der Waals surface area (Å²) in [6.45, 7) is 3.71. The predicted molar refractivity (Wildman–Crippen MR) is 35.3 cm³/mol. The van der Waals surface area contributed by atoms with Gasteiger partial charge in [-0.15, -0.1) is 0 Å². The van der Waals surface area contributed by atoms with Crippen molar-refractivity contribution in [3.05, 3.63) is 36.8 Å². The van der Waals surface area contributed by atoms with Crippen molar-refractivity contribution >= 4 is 5.69 Å². The van der Waals surface area contributed by atoms with E-state index in [0.29, 0.717) is 0 Å². The molecule has 0 aliphatic carbocycles. The molecule has 43 valence electrons. The van der Waals surface area contributed by atoms with Crippen LogP contribution in [0, 0.1) is 6.92 Å². The summed E-state index contributed by atoms with van der Waals surface area (Å²) >= 11 is 0. The molecule has 0 amide bonds. The van der Waals surface area contributed by atoms with Gasteiger partial charge in [-0.3, -0.25) is 0 Å².